The molecule has 1 unspecified atom stereocenters. The zero-order chi connectivity index (χ0) is 14.8. The highest BCUT2D eigenvalue weighted by atomic mass is 32.1. The Hall–Kier alpha value is -1.85. The first kappa shape index (κ1) is 14.1. The zero-order valence-corrected chi connectivity index (χ0v) is 13.2. The fourth-order valence-electron chi connectivity index (χ4n) is 2.43. The van der Waals surface area contributed by atoms with Crippen LogP contribution in [0.25, 0.3) is 21.6 Å². The van der Waals surface area contributed by atoms with Crippen molar-refractivity contribution in [1.29, 1.82) is 0 Å². The minimum absolute atomic E-state index is 0.266. The van der Waals surface area contributed by atoms with E-state index in [1.165, 1.54) is 4.70 Å². The molecule has 5 heteroatoms. The van der Waals surface area contributed by atoms with E-state index < -0.39 is 0 Å². The van der Waals surface area contributed by atoms with E-state index in [2.05, 4.69) is 45.6 Å². The summed E-state index contributed by atoms with van der Waals surface area (Å²) in [6.07, 6.45) is 3.76. The summed E-state index contributed by atoms with van der Waals surface area (Å²) in [5, 5.41) is 5.44. The summed E-state index contributed by atoms with van der Waals surface area (Å²) in [5.74, 6) is 0.739. The molecule has 0 aliphatic carbocycles. The predicted octanol–water partition coefficient (Wildman–Crippen LogP) is 3.73. The molecule has 0 fully saturated rings. The van der Waals surface area contributed by atoms with Gasteiger partial charge < -0.3 is 5.32 Å². The smallest absolute Gasteiger partial charge is 0.160 e. The number of thiophene rings is 1. The highest BCUT2D eigenvalue weighted by Crippen LogP contribution is 2.25. The fourth-order valence-corrected chi connectivity index (χ4v) is 3.21. The lowest BCUT2D eigenvalue weighted by Crippen LogP contribution is -2.19. The van der Waals surface area contributed by atoms with Gasteiger partial charge in [-0.3, -0.25) is 4.98 Å². The van der Waals surface area contributed by atoms with Crippen molar-refractivity contribution in [3.63, 3.8) is 0 Å². The molecule has 0 radical (unpaired) electrons. The van der Waals surface area contributed by atoms with Crippen LogP contribution in [-0.4, -0.2) is 21.5 Å². The first-order valence-electron chi connectivity index (χ1n) is 7.09. The van der Waals surface area contributed by atoms with Crippen molar-refractivity contribution in [2.75, 3.05) is 6.54 Å². The molecule has 0 amide bonds. The third kappa shape index (κ3) is 2.80. The molecular formula is C16H18N4S. The Balaban J connectivity index is 1.97. The SMILES string of the molecule is CCNC(C)c1cnc(-c2cnc3ccsc3c2)nc1C. The maximum absolute atomic E-state index is 4.65. The van der Waals surface area contributed by atoms with Gasteiger partial charge in [-0.1, -0.05) is 6.92 Å². The lowest BCUT2D eigenvalue weighted by atomic mass is 10.1. The molecule has 1 atom stereocenters. The third-order valence-corrected chi connectivity index (χ3v) is 4.41. The van der Waals surface area contributed by atoms with E-state index >= 15 is 0 Å². The molecule has 0 aliphatic rings. The van der Waals surface area contributed by atoms with E-state index in [4.69, 9.17) is 0 Å². The summed E-state index contributed by atoms with van der Waals surface area (Å²) < 4.78 is 1.17. The van der Waals surface area contributed by atoms with Crippen LogP contribution in [0.15, 0.2) is 29.9 Å². The van der Waals surface area contributed by atoms with Gasteiger partial charge in [-0.15, -0.1) is 11.3 Å². The summed E-state index contributed by atoms with van der Waals surface area (Å²) in [6, 6.07) is 4.40. The van der Waals surface area contributed by atoms with Crippen molar-refractivity contribution < 1.29 is 0 Å². The van der Waals surface area contributed by atoms with Gasteiger partial charge in [0.1, 0.15) is 0 Å². The number of nitrogens with one attached hydrogen (secondary N) is 1. The second-order valence-corrected chi connectivity index (χ2v) is 5.99. The largest absolute Gasteiger partial charge is 0.310 e. The van der Waals surface area contributed by atoms with Gasteiger partial charge in [-0.2, -0.15) is 0 Å². The average Bonchev–Trinajstić information content (AvgIpc) is 2.94. The van der Waals surface area contributed by atoms with E-state index in [9.17, 15) is 0 Å². The Labute approximate surface area is 128 Å². The molecule has 3 rings (SSSR count). The van der Waals surface area contributed by atoms with E-state index in [0.29, 0.717) is 0 Å². The summed E-state index contributed by atoms with van der Waals surface area (Å²) in [7, 11) is 0. The minimum Gasteiger partial charge on any atom is -0.310 e. The third-order valence-electron chi connectivity index (χ3n) is 3.56. The van der Waals surface area contributed by atoms with E-state index in [0.717, 1.165) is 34.7 Å². The first-order chi connectivity index (χ1) is 10.2. The van der Waals surface area contributed by atoms with E-state index in [1.54, 1.807) is 11.3 Å². The van der Waals surface area contributed by atoms with Crippen LogP contribution in [0, 0.1) is 6.92 Å². The number of pyridine rings is 1. The van der Waals surface area contributed by atoms with Gasteiger partial charge in [0.2, 0.25) is 0 Å². The Kier molecular flexibility index (Phi) is 3.94. The molecule has 3 heterocycles. The van der Waals surface area contributed by atoms with Gasteiger partial charge in [0.15, 0.2) is 5.82 Å². The van der Waals surface area contributed by atoms with Crippen molar-refractivity contribution in [3.8, 4) is 11.4 Å². The van der Waals surface area contributed by atoms with Crippen molar-refractivity contribution in [2.45, 2.75) is 26.8 Å². The second-order valence-electron chi connectivity index (χ2n) is 5.04. The number of aromatic nitrogens is 3. The number of nitrogens with zero attached hydrogens (tertiary/aromatic N) is 3. The average molecular weight is 298 g/mol. The minimum atomic E-state index is 0.266. The van der Waals surface area contributed by atoms with Crippen LogP contribution < -0.4 is 5.32 Å². The molecule has 0 bridgehead atoms. The fraction of sp³-hybridized carbons (Fsp3) is 0.312. The summed E-state index contributed by atoms with van der Waals surface area (Å²) in [5.41, 5.74) is 4.15. The summed E-state index contributed by atoms with van der Waals surface area (Å²) >= 11 is 1.69. The number of hydrogen-bond acceptors (Lipinski definition) is 5. The van der Waals surface area contributed by atoms with Gasteiger partial charge in [0.25, 0.3) is 0 Å². The van der Waals surface area contributed by atoms with E-state index in [1.807, 2.05) is 25.4 Å². The molecule has 21 heavy (non-hydrogen) atoms. The molecule has 108 valence electrons. The second kappa shape index (κ2) is 5.87. The molecule has 0 saturated heterocycles. The summed E-state index contributed by atoms with van der Waals surface area (Å²) in [4.78, 5) is 13.6. The van der Waals surface area contributed by atoms with Gasteiger partial charge in [-0.25, -0.2) is 9.97 Å². The molecule has 3 aromatic heterocycles. The van der Waals surface area contributed by atoms with E-state index in [-0.39, 0.29) is 6.04 Å². The molecule has 0 spiro atoms. The number of hydrogen-bond donors (Lipinski definition) is 1. The van der Waals surface area contributed by atoms with Gasteiger partial charge in [-0.05, 0) is 37.9 Å². The molecule has 1 N–H and O–H groups in total. The molecule has 0 aromatic carbocycles. The van der Waals surface area contributed by atoms with Crippen molar-refractivity contribution in [2.24, 2.45) is 0 Å². The predicted molar refractivity (Wildman–Crippen MR) is 87.5 cm³/mol. The highest BCUT2D eigenvalue weighted by Gasteiger charge is 2.11. The Morgan fingerprint density at radius 3 is 2.90 bits per heavy atom. The quantitative estimate of drug-likeness (QED) is 0.797. The zero-order valence-electron chi connectivity index (χ0n) is 12.4. The molecule has 3 aromatic rings. The molecular weight excluding hydrogens is 280 g/mol. The van der Waals surface area contributed by atoms with Crippen LogP contribution in [0.5, 0.6) is 0 Å². The van der Waals surface area contributed by atoms with Crippen LogP contribution >= 0.6 is 11.3 Å². The van der Waals surface area contributed by atoms with Crippen LogP contribution in [0.1, 0.15) is 31.1 Å². The van der Waals surface area contributed by atoms with Crippen molar-refractivity contribution in [3.05, 3.63) is 41.2 Å². The van der Waals surface area contributed by atoms with Crippen LogP contribution in [0.2, 0.25) is 0 Å². The Morgan fingerprint density at radius 2 is 2.14 bits per heavy atom. The molecule has 4 nitrogen and oxygen atoms in total. The summed E-state index contributed by atoms with van der Waals surface area (Å²) in [6.45, 7) is 7.20. The number of aryl methyl sites for hydroxylation is 1. The maximum atomic E-state index is 4.65. The standard InChI is InChI=1S/C16H18N4S/c1-4-17-10(2)13-9-19-16(20-11(13)3)12-7-15-14(18-8-12)5-6-21-15/h5-10,17H,4H2,1-3H3. The van der Waals surface area contributed by atoms with Crippen molar-refractivity contribution >= 4 is 21.6 Å². The van der Waals surface area contributed by atoms with Gasteiger partial charge >= 0.3 is 0 Å². The monoisotopic (exact) mass is 298 g/mol. The lowest BCUT2D eigenvalue weighted by molar-refractivity contribution is 0.590. The topological polar surface area (TPSA) is 50.7 Å². The molecule has 0 saturated carbocycles. The lowest BCUT2D eigenvalue weighted by Gasteiger charge is -2.14. The van der Waals surface area contributed by atoms with Crippen LogP contribution in [-0.2, 0) is 0 Å². The first-order valence-corrected chi connectivity index (χ1v) is 7.97. The van der Waals surface area contributed by atoms with Crippen molar-refractivity contribution in [1.82, 2.24) is 20.3 Å². The molecule has 0 aliphatic heterocycles. The number of fused-ring (bicyclic) bond motifs is 1. The Morgan fingerprint density at radius 1 is 1.29 bits per heavy atom. The Bertz CT molecular complexity index is 766. The maximum Gasteiger partial charge on any atom is 0.160 e. The number of rotatable bonds is 4. The normalized spacial score (nSPS) is 12.7. The highest BCUT2D eigenvalue weighted by molar-refractivity contribution is 7.17. The van der Waals surface area contributed by atoms with Gasteiger partial charge in [0.05, 0.1) is 10.2 Å². The van der Waals surface area contributed by atoms with Crippen LogP contribution in [0.4, 0.5) is 0 Å². The van der Waals surface area contributed by atoms with Crippen LogP contribution in [0.3, 0.4) is 0 Å². The van der Waals surface area contributed by atoms with Gasteiger partial charge in [0, 0.05) is 35.3 Å².